The molecule has 0 aliphatic heterocycles. The van der Waals surface area contributed by atoms with Crippen LogP contribution in [-0.4, -0.2) is 17.0 Å². The SMILES string of the molecule is O=C(NCCn1cccc1)c1cccc(Br)c1Cl. The molecule has 2 aromatic rings. The second-order valence-electron chi connectivity index (χ2n) is 3.78. The van der Waals surface area contributed by atoms with Crippen molar-refractivity contribution >= 4 is 33.4 Å². The van der Waals surface area contributed by atoms with E-state index in [0.29, 0.717) is 17.1 Å². The summed E-state index contributed by atoms with van der Waals surface area (Å²) in [4.78, 5) is 11.9. The summed E-state index contributed by atoms with van der Waals surface area (Å²) in [5, 5.41) is 3.28. The van der Waals surface area contributed by atoms with Crippen molar-refractivity contribution in [2.45, 2.75) is 6.54 Å². The van der Waals surface area contributed by atoms with E-state index in [2.05, 4.69) is 21.2 Å². The molecule has 0 saturated heterocycles. The molecule has 1 heterocycles. The Morgan fingerprint density at radius 1 is 1.28 bits per heavy atom. The number of hydrogen-bond acceptors (Lipinski definition) is 1. The monoisotopic (exact) mass is 326 g/mol. The average Bonchev–Trinajstić information content (AvgIpc) is 2.85. The minimum absolute atomic E-state index is 0.159. The van der Waals surface area contributed by atoms with Crippen molar-refractivity contribution in [1.29, 1.82) is 0 Å². The van der Waals surface area contributed by atoms with Gasteiger partial charge in [-0.05, 0) is 40.2 Å². The standard InChI is InChI=1S/C13H12BrClN2O/c14-11-5-3-4-10(12(11)15)13(18)16-6-9-17-7-1-2-8-17/h1-5,7-8H,6,9H2,(H,16,18). The van der Waals surface area contributed by atoms with Crippen molar-refractivity contribution in [2.24, 2.45) is 0 Å². The zero-order valence-corrected chi connectivity index (χ0v) is 11.9. The molecule has 0 radical (unpaired) electrons. The number of carbonyl (C=O) groups excluding carboxylic acids is 1. The lowest BCUT2D eigenvalue weighted by atomic mass is 10.2. The summed E-state index contributed by atoms with van der Waals surface area (Å²) in [5.41, 5.74) is 0.485. The minimum Gasteiger partial charge on any atom is -0.353 e. The Labute approximate surface area is 119 Å². The maximum Gasteiger partial charge on any atom is 0.252 e. The van der Waals surface area contributed by atoms with Gasteiger partial charge in [-0.1, -0.05) is 17.7 Å². The van der Waals surface area contributed by atoms with Crippen LogP contribution in [0.4, 0.5) is 0 Å². The third kappa shape index (κ3) is 3.15. The molecule has 0 spiro atoms. The van der Waals surface area contributed by atoms with E-state index in [0.717, 1.165) is 11.0 Å². The Kier molecular flexibility index (Phi) is 4.44. The Morgan fingerprint density at radius 2 is 2.00 bits per heavy atom. The first-order valence-electron chi connectivity index (χ1n) is 5.51. The van der Waals surface area contributed by atoms with Crippen LogP contribution in [0.2, 0.25) is 5.02 Å². The van der Waals surface area contributed by atoms with Gasteiger partial charge >= 0.3 is 0 Å². The van der Waals surface area contributed by atoms with E-state index in [-0.39, 0.29) is 5.91 Å². The topological polar surface area (TPSA) is 34.0 Å². The minimum atomic E-state index is -0.159. The molecule has 1 N–H and O–H groups in total. The van der Waals surface area contributed by atoms with E-state index >= 15 is 0 Å². The number of benzene rings is 1. The number of nitrogens with one attached hydrogen (secondary N) is 1. The molecule has 0 fully saturated rings. The molecule has 0 aliphatic carbocycles. The lowest BCUT2D eigenvalue weighted by molar-refractivity contribution is 0.0952. The van der Waals surface area contributed by atoms with Crippen molar-refractivity contribution in [3.8, 4) is 0 Å². The fourth-order valence-electron chi connectivity index (χ4n) is 1.59. The van der Waals surface area contributed by atoms with Gasteiger partial charge in [-0.3, -0.25) is 4.79 Å². The lowest BCUT2D eigenvalue weighted by Crippen LogP contribution is -2.27. The predicted octanol–water partition coefficient (Wildman–Crippen LogP) is 3.33. The summed E-state index contributed by atoms with van der Waals surface area (Å²) >= 11 is 9.35. The molecule has 3 nitrogen and oxygen atoms in total. The summed E-state index contributed by atoms with van der Waals surface area (Å²) < 4.78 is 2.73. The van der Waals surface area contributed by atoms with Gasteiger partial charge in [-0.25, -0.2) is 0 Å². The number of rotatable bonds is 4. The highest BCUT2D eigenvalue weighted by Gasteiger charge is 2.11. The molecule has 0 saturated carbocycles. The molecule has 0 aliphatic rings. The van der Waals surface area contributed by atoms with E-state index in [1.807, 2.05) is 29.1 Å². The maximum absolute atomic E-state index is 11.9. The van der Waals surface area contributed by atoms with E-state index in [4.69, 9.17) is 11.6 Å². The maximum atomic E-state index is 11.9. The molecule has 1 aromatic heterocycles. The Hall–Kier alpha value is -1.26. The predicted molar refractivity (Wildman–Crippen MR) is 75.9 cm³/mol. The average molecular weight is 328 g/mol. The molecule has 94 valence electrons. The van der Waals surface area contributed by atoms with Gasteiger partial charge < -0.3 is 9.88 Å². The summed E-state index contributed by atoms with van der Waals surface area (Å²) in [6.07, 6.45) is 3.91. The highest BCUT2D eigenvalue weighted by Crippen LogP contribution is 2.25. The van der Waals surface area contributed by atoms with Gasteiger partial charge in [0.05, 0.1) is 10.6 Å². The van der Waals surface area contributed by atoms with Gasteiger partial charge in [-0.15, -0.1) is 0 Å². The normalized spacial score (nSPS) is 10.3. The molecule has 1 aromatic carbocycles. The molecule has 0 unspecified atom stereocenters. The largest absolute Gasteiger partial charge is 0.353 e. The Morgan fingerprint density at radius 3 is 2.72 bits per heavy atom. The van der Waals surface area contributed by atoms with Crippen LogP contribution in [0, 0.1) is 0 Å². The van der Waals surface area contributed by atoms with Gasteiger partial charge in [0.2, 0.25) is 0 Å². The second kappa shape index (κ2) is 6.07. The van der Waals surface area contributed by atoms with E-state index in [1.54, 1.807) is 18.2 Å². The molecule has 0 bridgehead atoms. The molecule has 1 amide bonds. The zero-order chi connectivity index (χ0) is 13.0. The van der Waals surface area contributed by atoms with E-state index < -0.39 is 0 Å². The summed E-state index contributed by atoms with van der Waals surface area (Å²) in [6.45, 7) is 1.31. The smallest absolute Gasteiger partial charge is 0.252 e. The van der Waals surface area contributed by atoms with Gasteiger partial charge in [0.1, 0.15) is 0 Å². The van der Waals surface area contributed by atoms with Crippen LogP contribution in [0.5, 0.6) is 0 Å². The highest BCUT2D eigenvalue weighted by molar-refractivity contribution is 9.10. The van der Waals surface area contributed by atoms with Crippen LogP contribution in [0.3, 0.4) is 0 Å². The molecule has 18 heavy (non-hydrogen) atoms. The lowest BCUT2D eigenvalue weighted by Gasteiger charge is -2.08. The van der Waals surface area contributed by atoms with Crippen molar-refractivity contribution in [3.05, 3.63) is 57.8 Å². The number of hydrogen-bond donors (Lipinski definition) is 1. The molecule has 5 heteroatoms. The molecule has 0 atom stereocenters. The fraction of sp³-hybridized carbons (Fsp3) is 0.154. The van der Waals surface area contributed by atoms with Crippen molar-refractivity contribution in [1.82, 2.24) is 9.88 Å². The van der Waals surface area contributed by atoms with Gasteiger partial charge in [0, 0.05) is 30.0 Å². The van der Waals surface area contributed by atoms with Crippen molar-refractivity contribution in [2.75, 3.05) is 6.54 Å². The summed E-state index contributed by atoms with van der Waals surface area (Å²) in [7, 11) is 0. The van der Waals surface area contributed by atoms with Crippen LogP contribution < -0.4 is 5.32 Å². The third-order valence-electron chi connectivity index (χ3n) is 2.52. The summed E-state index contributed by atoms with van der Waals surface area (Å²) in [5.74, 6) is -0.159. The van der Waals surface area contributed by atoms with Crippen LogP contribution in [0.1, 0.15) is 10.4 Å². The number of amides is 1. The first kappa shape index (κ1) is 13.2. The number of nitrogens with zero attached hydrogens (tertiary/aromatic N) is 1. The molecular weight excluding hydrogens is 316 g/mol. The van der Waals surface area contributed by atoms with Crippen LogP contribution in [-0.2, 0) is 6.54 Å². The van der Waals surface area contributed by atoms with E-state index in [1.165, 1.54) is 0 Å². The van der Waals surface area contributed by atoms with Crippen molar-refractivity contribution < 1.29 is 4.79 Å². The van der Waals surface area contributed by atoms with E-state index in [9.17, 15) is 4.79 Å². The first-order chi connectivity index (χ1) is 8.68. The van der Waals surface area contributed by atoms with Gasteiger partial charge in [-0.2, -0.15) is 0 Å². The Bertz CT molecular complexity index is 540. The van der Waals surface area contributed by atoms with Gasteiger partial charge in [0.25, 0.3) is 5.91 Å². The summed E-state index contributed by atoms with van der Waals surface area (Å²) in [6, 6.07) is 9.20. The van der Waals surface area contributed by atoms with Gasteiger partial charge in [0.15, 0.2) is 0 Å². The number of aromatic nitrogens is 1. The Balaban J connectivity index is 1.93. The highest BCUT2D eigenvalue weighted by atomic mass is 79.9. The second-order valence-corrected chi connectivity index (χ2v) is 5.01. The quantitative estimate of drug-likeness (QED) is 0.918. The fourth-order valence-corrected chi connectivity index (χ4v) is 2.17. The number of halogens is 2. The van der Waals surface area contributed by atoms with Crippen LogP contribution in [0.25, 0.3) is 0 Å². The zero-order valence-electron chi connectivity index (χ0n) is 9.57. The molecule has 2 rings (SSSR count). The molecular formula is C13H12BrClN2O. The first-order valence-corrected chi connectivity index (χ1v) is 6.68. The van der Waals surface area contributed by atoms with Crippen LogP contribution in [0.15, 0.2) is 47.2 Å². The van der Waals surface area contributed by atoms with Crippen molar-refractivity contribution in [3.63, 3.8) is 0 Å². The number of carbonyl (C=O) groups is 1. The van der Waals surface area contributed by atoms with Crippen LogP contribution >= 0.6 is 27.5 Å². The third-order valence-corrected chi connectivity index (χ3v) is 3.81.